The summed E-state index contributed by atoms with van der Waals surface area (Å²) >= 11 is 0. The molecule has 4 heteroatoms. The Labute approximate surface area is 94.9 Å². The van der Waals surface area contributed by atoms with Gasteiger partial charge in [-0.1, -0.05) is 0 Å². The largest absolute Gasteiger partial charge is 0.478 e. The van der Waals surface area contributed by atoms with E-state index in [4.69, 9.17) is 5.11 Å². The Balaban J connectivity index is 2.21. The predicted molar refractivity (Wildman–Crippen MR) is 61.8 cm³/mol. The fourth-order valence-electron chi connectivity index (χ4n) is 1.89. The Hall–Kier alpha value is -1.58. The molecule has 1 heterocycles. The first-order chi connectivity index (χ1) is 7.59. The molecule has 0 spiro atoms. The quantitative estimate of drug-likeness (QED) is 0.844. The smallest absolute Gasteiger partial charge is 0.337 e. The summed E-state index contributed by atoms with van der Waals surface area (Å²) in [5.74, 6) is -0.0518. The molecule has 2 rings (SSSR count). The van der Waals surface area contributed by atoms with Crippen molar-refractivity contribution in [3.63, 3.8) is 0 Å². The van der Waals surface area contributed by atoms with Gasteiger partial charge in [-0.05, 0) is 38.8 Å². The number of aromatic nitrogens is 1. The van der Waals surface area contributed by atoms with E-state index in [9.17, 15) is 4.79 Å². The number of carboxylic acid groups (broad SMARTS) is 1. The minimum atomic E-state index is -0.929. The van der Waals surface area contributed by atoms with Crippen LogP contribution < -0.4 is 4.90 Å². The van der Waals surface area contributed by atoms with Gasteiger partial charge >= 0.3 is 5.97 Å². The van der Waals surface area contributed by atoms with Crippen LogP contribution in [0, 0.1) is 0 Å². The van der Waals surface area contributed by atoms with Gasteiger partial charge in [0, 0.05) is 18.3 Å². The second-order valence-electron chi connectivity index (χ2n) is 4.44. The topological polar surface area (TPSA) is 53.4 Å². The molecule has 0 aliphatic heterocycles. The number of hydrogen-bond donors (Lipinski definition) is 1. The molecular weight excluding hydrogens is 204 g/mol. The number of pyridine rings is 1. The van der Waals surface area contributed by atoms with Gasteiger partial charge in [-0.3, -0.25) is 0 Å². The zero-order valence-corrected chi connectivity index (χ0v) is 9.55. The van der Waals surface area contributed by atoms with Crippen molar-refractivity contribution in [3.8, 4) is 0 Å². The molecule has 0 atom stereocenters. The maximum Gasteiger partial charge on any atom is 0.337 e. The van der Waals surface area contributed by atoms with Gasteiger partial charge in [0.05, 0.1) is 5.56 Å². The predicted octanol–water partition coefficient (Wildman–Crippen LogP) is 2.16. The van der Waals surface area contributed by atoms with Gasteiger partial charge in [0.1, 0.15) is 5.82 Å². The Kier molecular flexibility index (Phi) is 2.81. The average Bonchev–Trinajstić information content (AvgIpc) is 3.02. The first-order valence-electron chi connectivity index (χ1n) is 5.57. The molecule has 0 aromatic carbocycles. The summed E-state index contributed by atoms with van der Waals surface area (Å²) in [6, 6.07) is 4.39. The molecular formula is C12H16N2O2. The molecule has 1 N–H and O–H groups in total. The third kappa shape index (κ3) is 2.15. The molecule has 1 aliphatic carbocycles. The number of rotatable bonds is 4. The van der Waals surface area contributed by atoms with Crippen molar-refractivity contribution in [2.24, 2.45) is 0 Å². The van der Waals surface area contributed by atoms with E-state index in [0.717, 1.165) is 5.82 Å². The molecule has 1 aliphatic rings. The van der Waals surface area contributed by atoms with E-state index >= 15 is 0 Å². The number of hydrogen-bond acceptors (Lipinski definition) is 3. The van der Waals surface area contributed by atoms with E-state index in [1.807, 2.05) is 0 Å². The van der Waals surface area contributed by atoms with Gasteiger partial charge in [-0.2, -0.15) is 0 Å². The van der Waals surface area contributed by atoms with Gasteiger partial charge in [-0.15, -0.1) is 0 Å². The van der Waals surface area contributed by atoms with Crippen LogP contribution in [0.4, 0.5) is 5.82 Å². The monoisotopic (exact) mass is 220 g/mol. The van der Waals surface area contributed by atoms with Crippen LogP contribution in [-0.4, -0.2) is 28.1 Å². The van der Waals surface area contributed by atoms with Crippen molar-refractivity contribution in [1.82, 2.24) is 4.98 Å². The maximum atomic E-state index is 10.7. The Morgan fingerprint density at radius 3 is 2.56 bits per heavy atom. The number of carbonyl (C=O) groups is 1. The molecule has 1 saturated carbocycles. The second kappa shape index (κ2) is 4.12. The summed E-state index contributed by atoms with van der Waals surface area (Å²) in [6.07, 6.45) is 3.84. The van der Waals surface area contributed by atoms with Crippen LogP contribution in [-0.2, 0) is 0 Å². The molecule has 0 amide bonds. The standard InChI is InChI=1S/C12H16N2O2/c1-8(2)14(10-4-5-10)11-6-3-9(7-13-11)12(15)16/h3,6-8,10H,4-5H2,1-2H3,(H,15,16). The summed E-state index contributed by atoms with van der Waals surface area (Å²) in [7, 11) is 0. The van der Waals surface area contributed by atoms with Gasteiger partial charge in [0.2, 0.25) is 0 Å². The lowest BCUT2D eigenvalue weighted by Gasteiger charge is -2.27. The van der Waals surface area contributed by atoms with Gasteiger partial charge < -0.3 is 10.0 Å². The fraction of sp³-hybridized carbons (Fsp3) is 0.500. The highest BCUT2D eigenvalue weighted by Crippen LogP contribution is 2.32. The lowest BCUT2D eigenvalue weighted by atomic mass is 10.2. The Bertz CT molecular complexity index is 381. The zero-order chi connectivity index (χ0) is 11.7. The second-order valence-corrected chi connectivity index (χ2v) is 4.44. The zero-order valence-electron chi connectivity index (χ0n) is 9.55. The molecule has 0 bridgehead atoms. The van der Waals surface area contributed by atoms with E-state index in [1.165, 1.54) is 19.0 Å². The first kappa shape index (κ1) is 10.9. The minimum Gasteiger partial charge on any atom is -0.478 e. The van der Waals surface area contributed by atoms with Crippen LogP contribution in [0.1, 0.15) is 37.0 Å². The molecule has 1 aromatic heterocycles. The van der Waals surface area contributed by atoms with Crippen molar-refractivity contribution in [2.45, 2.75) is 38.8 Å². The maximum absolute atomic E-state index is 10.7. The van der Waals surface area contributed by atoms with Crippen LogP contribution in [0.3, 0.4) is 0 Å². The molecule has 1 aromatic rings. The SMILES string of the molecule is CC(C)N(c1ccc(C(=O)O)cn1)C1CC1. The number of anilines is 1. The highest BCUT2D eigenvalue weighted by Gasteiger charge is 2.31. The fourth-order valence-corrected chi connectivity index (χ4v) is 1.89. The average molecular weight is 220 g/mol. The summed E-state index contributed by atoms with van der Waals surface area (Å²) < 4.78 is 0. The minimum absolute atomic E-state index is 0.239. The highest BCUT2D eigenvalue weighted by molar-refractivity contribution is 5.87. The summed E-state index contributed by atoms with van der Waals surface area (Å²) in [5.41, 5.74) is 0.239. The normalized spacial score (nSPS) is 15.2. The Morgan fingerprint density at radius 2 is 2.19 bits per heavy atom. The first-order valence-corrected chi connectivity index (χ1v) is 5.57. The van der Waals surface area contributed by atoms with E-state index in [2.05, 4.69) is 23.7 Å². The highest BCUT2D eigenvalue weighted by atomic mass is 16.4. The molecule has 4 nitrogen and oxygen atoms in total. The van der Waals surface area contributed by atoms with E-state index in [1.54, 1.807) is 12.1 Å². The molecule has 0 radical (unpaired) electrons. The van der Waals surface area contributed by atoms with E-state index < -0.39 is 5.97 Å². The lowest BCUT2D eigenvalue weighted by Crippen LogP contribution is -2.33. The molecule has 86 valence electrons. The molecule has 1 fully saturated rings. The number of aromatic carboxylic acids is 1. The van der Waals surface area contributed by atoms with E-state index in [-0.39, 0.29) is 5.56 Å². The van der Waals surface area contributed by atoms with Crippen LogP contribution in [0.15, 0.2) is 18.3 Å². The van der Waals surface area contributed by atoms with Crippen molar-refractivity contribution in [2.75, 3.05) is 4.90 Å². The third-order valence-electron chi connectivity index (χ3n) is 2.76. The molecule has 0 saturated heterocycles. The van der Waals surface area contributed by atoms with Crippen molar-refractivity contribution < 1.29 is 9.90 Å². The van der Waals surface area contributed by atoms with Crippen molar-refractivity contribution in [3.05, 3.63) is 23.9 Å². The van der Waals surface area contributed by atoms with Crippen LogP contribution in [0.5, 0.6) is 0 Å². The van der Waals surface area contributed by atoms with Crippen molar-refractivity contribution >= 4 is 11.8 Å². The van der Waals surface area contributed by atoms with Crippen LogP contribution >= 0.6 is 0 Å². The van der Waals surface area contributed by atoms with Crippen LogP contribution in [0.25, 0.3) is 0 Å². The van der Waals surface area contributed by atoms with E-state index in [0.29, 0.717) is 12.1 Å². The number of nitrogens with zero attached hydrogens (tertiary/aromatic N) is 2. The van der Waals surface area contributed by atoms with Crippen molar-refractivity contribution in [1.29, 1.82) is 0 Å². The van der Waals surface area contributed by atoms with Gasteiger partial charge in [-0.25, -0.2) is 9.78 Å². The summed E-state index contributed by atoms with van der Waals surface area (Å²) in [5, 5.41) is 8.79. The van der Waals surface area contributed by atoms with Gasteiger partial charge in [0.15, 0.2) is 0 Å². The number of carboxylic acids is 1. The summed E-state index contributed by atoms with van der Waals surface area (Å²) in [6.45, 7) is 4.26. The van der Waals surface area contributed by atoms with Gasteiger partial charge in [0.25, 0.3) is 0 Å². The van der Waals surface area contributed by atoms with Crippen LogP contribution in [0.2, 0.25) is 0 Å². The molecule has 16 heavy (non-hydrogen) atoms. The third-order valence-corrected chi connectivity index (χ3v) is 2.76. The summed E-state index contributed by atoms with van der Waals surface area (Å²) in [4.78, 5) is 17.2. The molecule has 0 unspecified atom stereocenters. The lowest BCUT2D eigenvalue weighted by molar-refractivity contribution is 0.0696. The Morgan fingerprint density at radius 1 is 1.50 bits per heavy atom.